The molecule has 1 aromatic heterocycles. The molecule has 1 fully saturated rings. The molecule has 18 heavy (non-hydrogen) atoms. The van der Waals surface area contributed by atoms with E-state index in [2.05, 4.69) is 36.7 Å². The first-order valence-electron chi connectivity index (χ1n) is 6.21. The fourth-order valence-electron chi connectivity index (χ4n) is 2.51. The fraction of sp³-hybridized carbons (Fsp3) is 0.571. The van der Waals surface area contributed by atoms with Crippen LogP contribution in [0.4, 0.5) is 5.82 Å². The van der Waals surface area contributed by atoms with Crippen molar-refractivity contribution in [2.24, 2.45) is 0 Å². The number of pyridine rings is 1. The Bertz CT molecular complexity index is 490. The molecule has 0 saturated carbocycles. The van der Waals surface area contributed by atoms with Crippen LogP contribution < -0.4 is 4.90 Å². The van der Waals surface area contributed by atoms with Gasteiger partial charge in [-0.1, -0.05) is 0 Å². The standard InChI is InChI=1S/C14H19N3O/c1-10-5-12(7-15)6-13(16-10)17-8-11(2)18-14(3,4)9-17/h5-6,11H,8-9H2,1-4H3. The molecule has 0 bridgehead atoms. The van der Waals surface area contributed by atoms with Crippen LogP contribution in [0.1, 0.15) is 32.0 Å². The van der Waals surface area contributed by atoms with Crippen molar-refractivity contribution in [2.75, 3.05) is 18.0 Å². The van der Waals surface area contributed by atoms with Crippen LogP contribution in [-0.2, 0) is 4.74 Å². The second-order valence-corrected chi connectivity index (χ2v) is 5.54. The third-order valence-corrected chi connectivity index (χ3v) is 2.96. The van der Waals surface area contributed by atoms with Crippen molar-refractivity contribution in [3.8, 4) is 6.07 Å². The largest absolute Gasteiger partial charge is 0.369 e. The van der Waals surface area contributed by atoms with Crippen molar-refractivity contribution in [2.45, 2.75) is 39.4 Å². The molecule has 1 atom stereocenters. The van der Waals surface area contributed by atoms with Crippen LogP contribution in [0.15, 0.2) is 12.1 Å². The summed E-state index contributed by atoms with van der Waals surface area (Å²) in [5, 5.41) is 9.02. The second kappa shape index (κ2) is 4.58. The number of hydrogen-bond donors (Lipinski definition) is 0. The summed E-state index contributed by atoms with van der Waals surface area (Å²) >= 11 is 0. The molecule has 0 amide bonds. The van der Waals surface area contributed by atoms with Crippen molar-refractivity contribution in [1.29, 1.82) is 5.26 Å². The quantitative estimate of drug-likeness (QED) is 0.761. The van der Waals surface area contributed by atoms with Crippen LogP contribution in [0.25, 0.3) is 0 Å². The molecule has 1 aromatic rings. The maximum absolute atomic E-state index is 9.02. The zero-order chi connectivity index (χ0) is 13.3. The summed E-state index contributed by atoms with van der Waals surface area (Å²) in [4.78, 5) is 6.72. The number of morpholine rings is 1. The van der Waals surface area contributed by atoms with Crippen LogP contribution in [0.3, 0.4) is 0 Å². The van der Waals surface area contributed by atoms with Crippen LogP contribution in [0.5, 0.6) is 0 Å². The number of hydrogen-bond acceptors (Lipinski definition) is 4. The van der Waals surface area contributed by atoms with Gasteiger partial charge in [-0.2, -0.15) is 5.26 Å². The molecule has 0 aliphatic carbocycles. The van der Waals surface area contributed by atoms with E-state index in [4.69, 9.17) is 10.00 Å². The van der Waals surface area contributed by atoms with E-state index >= 15 is 0 Å². The fourth-order valence-corrected chi connectivity index (χ4v) is 2.51. The molecule has 1 aliphatic rings. The highest BCUT2D eigenvalue weighted by atomic mass is 16.5. The highest BCUT2D eigenvalue weighted by Gasteiger charge is 2.32. The number of anilines is 1. The predicted molar refractivity (Wildman–Crippen MR) is 70.5 cm³/mol. The zero-order valence-electron chi connectivity index (χ0n) is 11.4. The lowest BCUT2D eigenvalue weighted by molar-refractivity contribution is -0.0751. The smallest absolute Gasteiger partial charge is 0.130 e. The monoisotopic (exact) mass is 245 g/mol. The molecular weight excluding hydrogens is 226 g/mol. The summed E-state index contributed by atoms with van der Waals surface area (Å²) < 4.78 is 5.88. The molecule has 0 radical (unpaired) electrons. The molecule has 2 heterocycles. The van der Waals surface area contributed by atoms with E-state index in [1.165, 1.54) is 0 Å². The summed E-state index contributed by atoms with van der Waals surface area (Å²) in [6.07, 6.45) is 0.168. The average molecular weight is 245 g/mol. The first-order valence-corrected chi connectivity index (χ1v) is 6.21. The van der Waals surface area contributed by atoms with Gasteiger partial charge in [0.15, 0.2) is 0 Å². The number of nitrogens with zero attached hydrogens (tertiary/aromatic N) is 3. The number of rotatable bonds is 1. The summed E-state index contributed by atoms with van der Waals surface area (Å²) in [5.41, 5.74) is 1.35. The van der Waals surface area contributed by atoms with Crippen molar-refractivity contribution in [3.63, 3.8) is 0 Å². The SMILES string of the molecule is Cc1cc(C#N)cc(N2CC(C)OC(C)(C)C2)n1. The molecule has 0 N–H and O–H groups in total. The van der Waals surface area contributed by atoms with E-state index in [0.717, 1.165) is 24.6 Å². The van der Waals surface area contributed by atoms with Crippen molar-refractivity contribution in [3.05, 3.63) is 23.4 Å². The van der Waals surface area contributed by atoms with Gasteiger partial charge in [0, 0.05) is 18.8 Å². The lowest BCUT2D eigenvalue weighted by Gasteiger charge is -2.42. The van der Waals surface area contributed by atoms with Crippen molar-refractivity contribution < 1.29 is 4.74 Å². The minimum atomic E-state index is -0.185. The topological polar surface area (TPSA) is 49.2 Å². The van der Waals surface area contributed by atoms with E-state index in [9.17, 15) is 0 Å². The van der Waals surface area contributed by atoms with Gasteiger partial charge in [0.25, 0.3) is 0 Å². The third-order valence-electron chi connectivity index (χ3n) is 2.96. The Balaban J connectivity index is 2.31. The average Bonchev–Trinajstić information content (AvgIpc) is 2.25. The van der Waals surface area contributed by atoms with Crippen LogP contribution in [-0.4, -0.2) is 29.8 Å². The first kappa shape index (κ1) is 12.8. The molecule has 4 nitrogen and oxygen atoms in total. The van der Waals surface area contributed by atoms with Gasteiger partial charge in [-0.05, 0) is 39.8 Å². The van der Waals surface area contributed by atoms with Gasteiger partial charge in [0.1, 0.15) is 5.82 Å². The lowest BCUT2D eigenvalue weighted by atomic mass is 10.1. The van der Waals surface area contributed by atoms with E-state index in [1.807, 2.05) is 13.0 Å². The molecule has 1 saturated heterocycles. The normalized spacial score (nSPS) is 22.6. The number of nitriles is 1. The summed E-state index contributed by atoms with van der Waals surface area (Å²) in [7, 11) is 0. The predicted octanol–water partition coefficient (Wildman–Crippen LogP) is 2.27. The summed E-state index contributed by atoms with van der Waals surface area (Å²) in [6, 6.07) is 5.83. The molecule has 96 valence electrons. The second-order valence-electron chi connectivity index (χ2n) is 5.54. The Kier molecular flexibility index (Phi) is 3.27. The highest BCUT2D eigenvalue weighted by Crippen LogP contribution is 2.25. The van der Waals surface area contributed by atoms with Gasteiger partial charge in [-0.25, -0.2) is 4.98 Å². The number of ether oxygens (including phenoxy) is 1. The highest BCUT2D eigenvalue weighted by molar-refractivity contribution is 5.47. The van der Waals surface area contributed by atoms with Gasteiger partial charge in [-0.15, -0.1) is 0 Å². The lowest BCUT2D eigenvalue weighted by Crippen LogP contribution is -2.52. The van der Waals surface area contributed by atoms with E-state index in [1.54, 1.807) is 6.07 Å². The summed E-state index contributed by atoms with van der Waals surface area (Å²) in [5.74, 6) is 0.870. The minimum Gasteiger partial charge on any atom is -0.369 e. The number of aromatic nitrogens is 1. The maximum atomic E-state index is 9.02. The van der Waals surface area contributed by atoms with Crippen LogP contribution >= 0.6 is 0 Å². The van der Waals surface area contributed by atoms with Gasteiger partial charge < -0.3 is 9.64 Å². The summed E-state index contributed by atoms with van der Waals surface area (Å²) in [6.45, 7) is 9.74. The van der Waals surface area contributed by atoms with Crippen molar-refractivity contribution in [1.82, 2.24) is 4.98 Å². The molecule has 1 aliphatic heterocycles. The molecule has 2 rings (SSSR count). The third kappa shape index (κ3) is 2.80. The van der Waals surface area contributed by atoms with Crippen LogP contribution in [0, 0.1) is 18.3 Å². The first-order chi connectivity index (χ1) is 8.39. The van der Waals surface area contributed by atoms with E-state index in [0.29, 0.717) is 5.56 Å². The molecule has 0 spiro atoms. The maximum Gasteiger partial charge on any atom is 0.130 e. The Labute approximate surface area is 108 Å². The molecule has 0 aromatic carbocycles. The van der Waals surface area contributed by atoms with Crippen molar-refractivity contribution >= 4 is 5.82 Å². The van der Waals surface area contributed by atoms with E-state index in [-0.39, 0.29) is 11.7 Å². The van der Waals surface area contributed by atoms with E-state index < -0.39 is 0 Å². The minimum absolute atomic E-state index is 0.168. The van der Waals surface area contributed by atoms with Gasteiger partial charge in [0.05, 0.1) is 23.3 Å². The van der Waals surface area contributed by atoms with Gasteiger partial charge >= 0.3 is 0 Å². The molecule has 1 unspecified atom stereocenters. The Morgan fingerprint density at radius 1 is 1.50 bits per heavy atom. The Morgan fingerprint density at radius 2 is 2.22 bits per heavy atom. The Hall–Kier alpha value is -1.60. The van der Waals surface area contributed by atoms with Crippen LogP contribution in [0.2, 0.25) is 0 Å². The Morgan fingerprint density at radius 3 is 2.83 bits per heavy atom. The zero-order valence-corrected chi connectivity index (χ0v) is 11.4. The molecular formula is C14H19N3O. The molecule has 4 heteroatoms. The van der Waals surface area contributed by atoms with Gasteiger partial charge in [0.2, 0.25) is 0 Å². The van der Waals surface area contributed by atoms with Gasteiger partial charge in [-0.3, -0.25) is 0 Å². The number of aryl methyl sites for hydroxylation is 1.